The molecule has 0 aliphatic heterocycles. The number of nitrogens with zero attached hydrogens (tertiary/aromatic N) is 1. The second kappa shape index (κ2) is 4.39. The molecule has 0 aliphatic carbocycles. The molecule has 1 aromatic carbocycles. The molecule has 2 rings (SSSR count). The highest BCUT2D eigenvalue weighted by Gasteiger charge is 2.09. The van der Waals surface area contributed by atoms with Crippen molar-refractivity contribution in [1.29, 1.82) is 0 Å². The summed E-state index contributed by atoms with van der Waals surface area (Å²) in [5.74, 6) is 1.35. The molecule has 1 aromatic heterocycles. The lowest BCUT2D eigenvalue weighted by Crippen LogP contribution is -2.02. The maximum atomic E-state index is 10.5. The summed E-state index contributed by atoms with van der Waals surface area (Å²) in [6, 6.07) is 9.65. The molecule has 1 atom stereocenters. The minimum absolute atomic E-state index is 0.0627. The Labute approximate surface area is 98.0 Å². The molecule has 0 bridgehead atoms. The van der Waals surface area contributed by atoms with Gasteiger partial charge in [0, 0.05) is 17.7 Å². The topological polar surface area (TPSA) is 82.3 Å². The number of hydrogen-bond acceptors (Lipinski definition) is 4. The van der Waals surface area contributed by atoms with Gasteiger partial charge in [-0.3, -0.25) is 10.1 Å². The number of nitro benzene ring substituents is 1. The third-order valence-electron chi connectivity index (χ3n) is 2.44. The van der Waals surface area contributed by atoms with E-state index in [1.54, 1.807) is 24.3 Å². The van der Waals surface area contributed by atoms with Crippen LogP contribution in [0.4, 0.5) is 5.69 Å². The van der Waals surface area contributed by atoms with Crippen molar-refractivity contribution in [3.05, 3.63) is 52.3 Å². The van der Waals surface area contributed by atoms with Crippen LogP contribution in [-0.4, -0.2) is 4.92 Å². The van der Waals surface area contributed by atoms with Gasteiger partial charge >= 0.3 is 0 Å². The molecule has 1 heterocycles. The van der Waals surface area contributed by atoms with Crippen molar-refractivity contribution in [1.82, 2.24) is 0 Å². The van der Waals surface area contributed by atoms with E-state index in [2.05, 4.69) is 0 Å². The number of nitro groups is 1. The lowest BCUT2D eigenvalue weighted by atomic mass is 10.1. The predicted octanol–water partition coefficient (Wildman–Crippen LogP) is 2.87. The third kappa shape index (κ3) is 2.34. The van der Waals surface area contributed by atoms with Gasteiger partial charge in [-0.1, -0.05) is 0 Å². The molecule has 5 heteroatoms. The molecule has 2 N–H and O–H groups in total. The van der Waals surface area contributed by atoms with E-state index in [-0.39, 0.29) is 11.7 Å². The number of rotatable bonds is 3. The maximum absolute atomic E-state index is 10.5. The average molecular weight is 232 g/mol. The summed E-state index contributed by atoms with van der Waals surface area (Å²) in [6.07, 6.45) is 0. The van der Waals surface area contributed by atoms with E-state index in [9.17, 15) is 10.1 Å². The zero-order valence-electron chi connectivity index (χ0n) is 9.29. The Morgan fingerprint density at radius 3 is 2.35 bits per heavy atom. The standard InChI is InChI=1S/C12H12N2O3/c1-8(13)11-6-7-12(17-11)9-2-4-10(5-3-9)14(15)16/h2-8H,13H2,1H3/t8-/m0/s1. The van der Waals surface area contributed by atoms with Crippen LogP contribution < -0.4 is 5.73 Å². The van der Waals surface area contributed by atoms with Crippen LogP contribution in [-0.2, 0) is 0 Å². The second-order valence-electron chi connectivity index (χ2n) is 3.79. The average Bonchev–Trinajstić information content (AvgIpc) is 2.78. The molecular formula is C12H12N2O3. The third-order valence-corrected chi connectivity index (χ3v) is 2.44. The number of non-ortho nitro benzene ring substituents is 1. The molecule has 0 spiro atoms. The Balaban J connectivity index is 2.30. The Bertz CT molecular complexity index is 529. The maximum Gasteiger partial charge on any atom is 0.269 e. The zero-order chi connectivity index (χ0) is 12.4. The highest BCUT2D eigenvalue weighted by molar-refractivity contribution is 5.59. The normalized spacial score (nSPS) is 12.4. The number of furan rings is 1. The highest BCUT2D eigenvalue weighted by atomic mass is 16.6. The van der Waals surface area contributed by atoms with Gasteiger partial charge in [-0.15, -0.1) is 0 Å². The van der Waals surface area contributed by atoms with E-state index in [4.69, 9.17) is 10.2 Å². The molecule has 0 amide bonds. The fourth-order valence-corrected chi connectivity index (χ4v) is 1.50. The fourth-order valence-electron chi connectivity index (χ4n) is 1.50. The van der Waals surface area contributed by atoms with Gasteiger partial charge in [0.1, 0.15) is 11.5 Å². The first-order valence-corrected chi connectivity index (χ1v) is 5.18. The van der Waals surface area contributed by atoms with E-state index in [1.807, 2.05) is 6.92 Å². The van der Waals surface area contributed by atoms with E-state index in [1.165, 1.54) is 12.1 Å². The summed E-state index contributed by atoms with van der Waals surface area (Å²) >= 11 is 0. The first-order valence-electron chi connectivity index (χ1n) is 5.18. The predicted molar refractivity (Wildman–Crippen MR) is 63.4 cm³/mol. The van der Waals surface area contributed by atoms with Crippen molar-refractivity contribution in [2.75, 3.05) is 0 Å². The molecule has 0 unspecified atom stereocenters. The van der Waals surface area contributed by atoms with Crippen molar-refractivity contribution >= 4 is 5.69 Å². The van der Waals surface area contributed by atoms with Crippen molar-refractivity contribution in [2.45, 2.75) is 13.0 Å². The summed E-state index contributed by atoms with van der Waals surface area (Å²) < 4.78 is 5.54. The molecule has 17 heavy (non-hydrogen) atoms. The van der Waals surface area contributed by atoms with E-state index in [0.717, 1.165) is 5.56 Å². The molecule has 2 aromatic rings. The van der Waals surface area contributed by atoms with Crippen molar-refractivity contribution in [3.8, 4) is 11.3 Å². The van der Waals surface area contributed by atoms with Gasteiger partial charge in [-0.05, 0) is 31.2 Å². The Morgan fingerprint density at radius 1 is 1.24 bits per heavy atom. The Kier molecular flexibility index (Phi) is 2.93. The molecule has 88 valence electrons. The zero-order valence-corrected chi connectivity index (χ0v) is 9.29. The minimum Gasteiger partial charge on any atom is -0.459 e. The van der Waals surface area contributed by atoms with Gasteiger partial charge in [0.2, 0.25) is 0 Å². The molecule has 0 fully saturated rings. The lowest BCUT2D eigenvalue weighted by molar-refractivity contribution is -0.384. The monoisotopic (exact) mass is 232 g/mol. The minimum atomic E-state index is -0.431. The van der Waals surface area contributed by atoms with E-state index >= 15 is 0 Å². The molecule has 5 nitrogen and oxygen atoms in total. The summed E-state index contributed by atoms with van der Waals surface area (Å²) in [6.45, 7) is 1.83. The van der Waals surface area contributed by atoms with Crippen LogP contribution in [0.25, 0.3) is 11.3 Å². The Hall–Kier alpha value is -2.14. The van der Waals surface area contributed by atoms with Gasteiger partial charge in [-0.25, -0.2) is 0 Å². The summed E-state index contributed by atoms with van der Waals surface area (Å²) in [4.78, 5) is 10.1. The van der Waals surface area contributed by atoms with Crippen LogP contribution >= 0.6 is 0 Å². The number of hydrogen-bond donors (Lipinski definition) is 1. The Morgan fingerprint density at radius 2 is 1.88 bits per heavy atom. The molecule has 0 saturated heterocycles. The first kappa shape index (κ1) is 11.3. The molecule has 0 radical (unpaired) electrons. The van der Waals surface area contributed by atoms with E-state index < -0.39 is 4.92 Å². The van der Waals surface area contributed by atoms with Crippen LogP contribution in [0.3, 0.4) is 0 Å². The van der Waals surface area contributed by atoms with Gasteiger partial charge < -0.3 is 10.2 Å². The summed E-state index contributed by atoms with van der Waals surface area (Å²) in [5, 5.41) is 10.5. The van der Waals surface area contributed by atoms with Crippen LogP contribution in [0, 0.1) is 10.1 Å². The van der Waals surface area contributed by atoms with Gasteiger partial charge in [0.25, 0.3) is 5.69 Å². The fraction of sp³-hybridized carbons (Fsp3) is 0.167. The molecule has 0 aliphatic rings. The van der Waals surface area contributed by atoms with Gasteiger partial charge in [0.05, 0.1) is 11.0 Å². The van der Waals surface area contributed by atoms with Crippen LogP contribution in [0.15, 0.2) is 40.8 Å². The van der Waals surface area contributed by atoms with Crippen molar-refractivity contribution in [2.24, 2.45) is 5.73 Å². The smallest absolute Gasteiger partial charge is 0.269 e. The van der Waals surface area contributed by atoms with Gasteiger partial charge in [-0.2, -0.15) is 0 Å². The molecule has 0 saturated carbocycles. The number of nitrogens with two attached hydrogens (primary N) is 1. The van der Waals surface area contributed by atoms with E-state index in [0.29, 0.717) is 11.5 Å². The van der Waals surface area contributed by atoms with Crippen LogP contribution in [0.1, 0.15) is 18.7 Å². The lowest BCUT2D eigenvalue weighted by Gasteiger charge is -2.00. The second-order valence-corrected chi connectivity index (χ2v) is 3.79. The molecular weight excluding hydrogens is 220 g/mol. The van der Waals surface area contributed by atoms with Crippen LogP contribution in [0.5, 0.6) is 0 Å². The van der Waals surface area contributed by atoms with Gasteiger partial charge in [0.15, 0.2) is 0 Å². The first-order chi connectivity index (χ1) is 8.08. The summed E-state index contributed by atoms with van der Waals surface area (Å²) in [5.41, 5.74) is 6.54. The SMILES string of the molecule is C[C@H](N)c1ccc(-c2ccc([N+](=O)[O-])cc2)o1. The largest absolute Gasteiger partial charge is 0.459 e. The quantitative estimate of drug-likeness (QED) is 0.651. The summed E-state index contributed by atoms with van der Waals surface area (Å²) in [7, 11) is 0. The van der Waals surface area contributed by atoms with Crippen molar-refractivity contribution < 1.29 is 9.34 Å². The van der Waals surface area contributed by atoms with Crippen LogP contribution in [0.2, 0.25) is 0 Å². The number of benzene rings is 1. The van der Waals surface area contributed by atoms with Crippen molar-refractivity contribution in [3.63, 3.8) is 0 Å². The highest BCUT2D eigenvalue weighted by Crippen LogP contribution is 2.26.